The van der Waals surface area contributed by atoms with Crippen LogP contribution < -0.4 is 0 Å². The lowest BCUT2D eigenvalue weighted by molar-refractivity contribution is 0.669. The van der Waals surface area contributed by atoms with Crippen LogP contribution in [0.25, 0.3) is 0 Å². The zero-order valence-corrected chi connectivity index (χ0v) is 5.64. The molecule has 1 N–H and O–H groups in total. The monoisotopic (exact) mass is 139 g/mol. The van der Waals surface area contributed by atoms with E-state index < -0.39 is 0 Å². The zero-order chi connectivity index (χ0) is 6.53. The van der Waals surface area contributed by atoms with Gasteiger partial charge in [0, 0.05) is 0 Å². The van der Waals surface area contributed by atoms with E-state index in [9.17, 15) is 0 Å². The SMILES string of the molecule is OS[CH]c1ccccc1. The minimum atomic E-state index is 0.730. The second-order valence-electron chi connectivity index (χ2n) is 1.63. The van der Waals surface area contributed by atoms with E-state index in [-0.39, 0.29) is 0 Å². The van der Waals surface area contributed by atoms with Gasteiger partial charge in [0.15, 0.2) is 0 Å². The average molecular weight is 139 g/mol. The number of benzene rings is 1. The molecule has 0 spiro atoms. The van der Waals surface area contributed by atoms with Crippen LogP contribution in [-0.2, 0) is 0 Å². The van der Waals surface area contributed by atoms with Crippen molar-refractivity contribution in [1.82, 2.24) is 0 Å². The van der Waals surface area contributed by atoms with Gasteiger partial charge in [0.2, 0.25) is 0 Å². The van der Waals surface area contributed by atoms with E-state index in [0.717, 1.165) is 17.6 Å². The molecular formula is C7H7OS. The molecule has 0 aliphatic carbocycles. The molecule has 0 unspecified atom stereocenters. The predicted octanol–water partition coefficient (Wildman–Crippen LogP) is 2.40. The topological polar surface area (TPSA) is 20.2 Å². The Morgan fingerprint density at radius 1 is 1.22 bits per heavy atom. The molecule has 0 bridgehead atoms. The van der Waals surface area contributed by atoms with Crippen molar-refractivity contribution in [3.8, 4) is 0 Å². The molecule has 1 nitrogen and oxygen atoms in total. The second kappa shape index (κ2) is 3.54. The van der Waals surface area contributed by atoms with E-state index in [1.165, 1.54) is 0 Å². The highest BCUT2D eigenvalue weighted by molar-refractivity contribution is 7.96. The largest absolute Gasteiger partial charge is 0.329 e. The fourth-order valence-corrected chi connectivity index (χ4v) is 0.871. The van der Waals surface area contributed by atoms with Gasteiger partial charge in [-0.2, -0.15) is 0 Å². The third-order valence-electron chi connectivity index (χ3n) is 0.988. The summed E-state index contributed by atoms with van der Waals surface area (Å²) < 4.78 is 8.38. The average Bonchev–Trinajstić information content (AvgIpc) is 1.91. The third-order valence-corrected chi connectivity index (χ3v) is 1.37. The molecular weight excluding hydrogens is 132 g/mol. The first-order valence-electron chi connectivity index (χ1n) is 2.62. The van der Waals surface area contributed by atoms with Crippen LogP contribution in [0, 0.1) is 5.75 Å². The molecule has 0 aliphatic rings. The molecule has 0 aromatic heterocycles. The van der Waals surface area contributed by atoms with Gasteiger partial charge in [0.25, 0.3) is 0 Å². The van der Waals surface area contributed by atoms with Gasteiger partial charge in [-0.05, 0) is 17.6 Å². The lowest BCUT2D eigenvalue weighted by Crippen LogP contribution is -1.72. The van der Waals surface area contributed by atoms with Gasteiger partial charge in [-0.15, -0.1) is 0 Å². The Morgan fingerprint density at radius 2 is 1.89 bits per heavy atom. The molecule has 0 saturated heterocycles. The molecule has 9 heavy (non-hydrogen) atoms. The van der Waals surface area contributed by atoms with Crippen molar-refractivity contribution in [3.05, 3.63) is 41.6 Å². The highest BCUT2D eigenvalue weighted by Crippen LogP contribution is 2.09. The van der Waals surface area contributed by atoms with Crippen LogP contribution in [0.2, 0.25) is 0 Å². The molecule has 0 amide bonds. The second-order valence-corrected chi connectivity index (χ2v) is 2.08. The highest BCUT2D eigenvalue weighted by atomic mass is 32.2. The Labute approximate surface area is 58.9 Å². The maximum Gasteiger partial charge on any atom is 0.0739 e. The molecule has 47 valence electrons. The fraction of sp³-hybridized carbons (Fsp3) is 0. The van der Waals surface area contributed by atoms with Gasteiger partial charge in [-0.25, -0.2) is 0 Å². The maximum atomic E-state index is 8.38. The molecule has 1 radical (unpaired) electrons. The zero-order valence-electron chi connectivity index (χ0n) is 4.82. The van der Waals surface area contributed by atoms with Gasteiger partial charge in [0.05, 0.1) is 5.75 Å². The van der Waals surface area contributed by atoms with Crippen molar-refractivity contribution >= 4 is 12.0 Å². The molecule has 1 aromatic rings. The normalized spacial score (nSPS) is 9.44. The number of hydrogen-bond donors (Lipinski definition) is 1. The first kappa shape index (κ1) is 6.65. The van der Waals surface area contributed by atoms with Gasteiger partial charge in [-0.1, -0.05) is 30.3 Å². The van der Waals surface area contributed by atoms with Gasteiger partial charge in [-0.3, -0.25) is 0 Å². The summed E-state index contributed by atoms with van der Waals surface area (Å²) in [6.07, 6.45) is 0. The summed E-state index contributed by atoms with van der Waals surface area (Å²) in [6.45, 7) is 0. The van der Waals surface area contributed by atoms with Crippen LogP contribution >= 0.6 is 12.0 Å². The van der Waals surface area contributed by atoms with Crippen LogP contribution in [-0.4, -0.2) is 4.55 Å². The first-order chi connectivity index (χ1) is 4.43. The Morgan fingerprint density at radius 3 is 2.44 bits per heavy atom. The van der Waals surface area contributed by atoms with Crippen molar-refractivity contribution in [3.63, 3.8) is 0 Å². The minimum Gasteiger partial charge on any atom is -0.329 e. The van der Waals surface area contributed by atoms with Crippen LogP contribution in [0.15, 0.2) is 30.3 Å². The van der Waals surface area contributed by atoms with E-state index in [2.05, 4.69) is 0 Å². The molecule has 0 fully saturated rings. The predicted molar refractivity (Wildman–Crippen MR) is 40.1 cm³/mol. The summed E-state index contributed by atoms with van der Waals surface area (Å²) in [4.78, 5) is 0. The standard InChI is InChI=1S/C7H7OS/c8-9-6-7-4-2-1-3-5-7/h1-6,8H. The number of hydrogen-bond acceptors (Lipinski definition) is 2. The Bertz CT molecular complexity index is 162. The van der Waals surface area contributed by atoms with Gasteiger partial charge in [0.1, 0.15) is 0 Å². The van der Waals surface area contributed by atoms with E-state index >= 15 is 0 Å². The molecule has 2 heteroatoms. The van der Waals surface area contributed by atoms with Crippen LogP contribution in [0.5, 0.6) is 0 Å². The van der Waals surface area contributed by atoms with E-state index in [1.54, 1.807) is 5.75 Å². The lowest BCUT2D eigenvalue weighted by Gasteiger charge is -1.91. The maximum absolute atomic E-state index is 8.38. The molecule has 1 aromatic carbocycles. The Hall–Kier alpha value is -0.470. The van der Waals surface area contributed by atoms with E-state index in [4.69, 9.17) is 4.55 Å². The summed E-state index contributed by atoms with van der Waals surface area (Å²) >= 11 is 0.730. The van der Waals surface area contributed by atoms with Gasteiger partial charge < -0.3 is 4.55 Å². The van der Waals surface area contributed by atoms with Crippen LogP contribution in [0.1, 0.15) is 5.56 Å². The van der Waals surface area contributed by atoms with Crippen molar-refractivity contribution in [2.45, 2.75) is 0 Å². The lowest BCUT2D eigenvalue weighted by atomic mass is 10.2. The summed E-state index contributed by atoms with van der Waals surface area (Å²) in [5.74, 6) is 1.68. The molecule has 0 saturated carbocycles. The highest BCUT2D eigenvalue weighted by Gasteiger charge is 1.87. The minimum absolute atomic E-state index is 0.730. The Kier molecular flexibility index (Phi) is 2.61. The van der Waals surface area contributed by atoms with E-state index in [1.807, 2.05) is 30.3 Å². The Balaban J connectivity index is 2.61. The smallest absolute Gasteiger partial charge is 0.0739 e. The van der Waals surface area contributed by atoms with Crippen molar-refractivity contribution < 1.29 is 4.55 Å². The quantitative estimate of drug-likeness (QED) is 0.635. The van der Waals surface area contributed by atoms with Crippen LogP contribution in [0.3, 0.4) is 0 Å². The summed E-state index contributed by atoms with van der Waals surface area (Å²) in [5, 5.41) is 0. The molecule has 1 rings (SSSR count). The summed E-state index contributed by atoms with van der Waals surface area (Å²) in [5.41, 5.74) is 1.03. The van der Waals surface area contributed by atoms with Crippen molar-refractivity contribution in [2.24, 2.45) is 0 Å². The molecule has 0 atom stereocenters. The molecule has 0 heterocycles. The van der Waals surface area contributed by atoms with Crippen LogP contribution in [0.4, 0.5) is 0 Å². The summed E-state index contributed by atoms with van der Waals surface area (Å²) in [7, 11) is 0. The third kappa shape index (κ3) is 2.08. The van der Waals surface area contributed by atoms with E-state index in [0.29, 0.717) is 0 Å². The summed E-state index contributed by atoms with van der Waals surface area (Å²) in [6, 6.07) is 9.68. The molecule has 0 aliphatic heterocycles. The fourth-order valence-electron chi connectivity index (χ4n) is 0.592. The van der Waals surface area contributed by atoms with Crippen molar-refractivity contribution in [1.29, 1.82) is 0 Å². The number of rotatable bonds is 2. The van der Waals surface area contributed by atoms with Crippen molar-refractivity contribution in [2.75, 3.05) is 0 Å². The van der Waals surface area contributed by atoms with Gasteiger partial charge >= 0.3 is 0 Å². The first-order valence-corrected chi connectivity index (χ1v) is 3.45.